The number of amides is 1. The number of carbonyl (C=O) groups excluding carboxylic acids is 1. The summed E-state index contributed by atoms with van der Waals surface area (Å²) in [5.74, 6) is 5.67. The fourth-order valence-electron chi connectivity index (χ4n) is 1.99. The number of nitrogen functional groups attached to an aromatic ring is 1. The van der Waals surface area contributed by atoms with Gasteiger partial charge < -0.3 is 10.7 Å². The Hall–Kier alpha value is -1.92. The van der Waals surface area contributed by atoms with Gasteiger partial charge in [0, 0.05) is 21.4 Å². The molecule has 110 valence electrons. The lowest BCUT2D eigenvalue weighted by Crippen LogP contribution is -2.15. The van der Waals surface area contributed by atoms with E-state index in [1.165, 1.54) is 0 Å². The number of nitrogens with two attached hydrogens (primary N) is 1. The van der Waals surface area contributed by atoms with Crippen molar-refractivity contribution in [1.29, 1.82) is 0 Å². The average molecular weight is 349 g/mol. The van der Waals surface area contributed by atoms with Crippen molar-refractivity contribution in [3.8, 4) is 0 Å². The summed E-state index contributed by atoms with van der Waals surface area (Å²) in [6.45, 7) is 3.94. The molecule has 0 fully saturated rings. The van der Waals surface area contributed by atoms with Crippen LogP contribution in [0.5, 0.6) is 0 Å². The van der Waals surface area contributed by atoms with Gasteiger partial charge in [0.25, 0.3) is 5.91 Å². The normalized spacial score (nSPS) is 10.3. The van der Waals surface area contributed by atoms with Crippen LogP contribution < -0.4 is 16.6 Å². The maximum absolute atomic E-state index is 12.4. The van der Waals surface area contributed by atoms with E-state index in [9.17, 15) is 4.79 Å². The minimum atomic E-state index is -0.193. The first kappa shape index (κ1) is 15.5. The number of nitrogens with one attached hydrogen (secondary N) is 2. The summed E-state index contributed by atoms with van der Waals surface area (Å²) >= 11 is 3.42. The summed E-state index contributed by atoms with van der Waals surface area (Å²) in [4.78, 5) is 16.6. The maximum atomic E-state index is 12.4. The lowest BCUT2D eigenvalue weighted by Gasteiger charge is -2.09. The van der Waals surface area contributed by atoms with Crippen LogP contribution in [-0.2, 0) is 6.42 Å². The Kier molecular flexibility index (Phi) is 4.93. The van der Waals surface area contributed by atoms with Crippen LogP contribution in [0.25, 0.3) is 0 Å². The number of anilines is 2. The van der Waals surface area contributed by atoms with E-state index in [1.54, 1.807) is 12.1 Å². The maximum Gasteiger partial charge on any atom is 0.255 e. The molecular weight excluding hydrogens is 332 g/mol. The number of benzene rings is 1. The molecule has 1 aromatic carbocycles. The van der Waals surface area contributed by atoms with E-state index in [-0.39, 0.29) is 5.91 Å². The first-order chi connectivity index (χ1) is 10.0. The zero-order valence-electron chi connectivity index (χ0n) is 11.9. The second kappa shape index (κ2) is 6.69. The van der Waals surface area contributed by atoms with Crippen molar-refractivity contribution in [3.05, 3.63) is 51.6 Å². The van der Waals surface area contributed by atoms with Crippen molar-refractivity contribution >= 4 is 33.3 Å². The van der Waals surface area contributed by atoms with Gasteiger partial charge in [-0.25, -0.2) is 10.8 Å². The number of pyridine rings is 1. The van der Waals surface area contributed by atoms with E-state index >= 15 is 0 Å². The average Bonchev–Trinajstić information content (AvgIpc) is 2.45. The minimum Gasteiger partial charge on any atom is -0.322 e. The lowest BCUT2D eigenvalue weighted by atomic mass is 10.1. The molecule has 0 aliphatic carbocycles. The number of carbonyl (C=O) groups is 1. The number of aromatic nitrogens is 1. The predicted molar refractivity (Wildman–Crippen MR) is 88.3 cm³/mol. The van der Waals surface area contributed by atoms with Gasteiger partial charge in [-0.1, -0.05) is 22.9 Å². The summed E-state index contributed by atoms with van der Waals surface area (Å²) in [5, 5.41) is 2.88. The Morgan fingerprint density at radius 1 is 1.29 bits per heavy atom. The van der Waals surface area contributed by atoms with Crippen LogP contribution >= 0.6 is 15.9 Å². The molecule has 1 amide bonds. The summed E-state index contributed by atoms with van der Waals surface area (Å²) in [6.07, 6.45) is 0.728. The van der Waals surface area contributed by atoms with Gasteiger partial charge in [0.2, 0.25) is 0 Å². The highest BCUT2D eigenvalue weighted by Crippen LogP contribution is 2.20. The van der Waals surface area contributed by atoms with Gasteiger partial charge in [0.1, 0.15) is 5.82 Å². The molecule has 0 atom stereocenters. The SMILES string of the molecule is CCc1cc(C(=O)Nc2cc(C)cc(Br)c2)cc(NN)n1. The lowest BCUT2D eigenvalue weighted by molar-refractivity contribution is 0.102. The molecule has 6 heteroatoms. The third-order valence-electron chi connectivity index (χ3n) is 2.95. The van der Waals surface area contributed by atoms with Gasteiger partial charge >= 0.3 is 0 Å². The smallest absolute Gasteiger partial charge is 0.255 e. The van der Waals surface area contributed by atoms with Crippen molar-refractivity contribution in [2.45, 2.75) is 20.3 Å². The van der Waals surface area contributed by atoms with Crippen LogP contribution in [0.4, 0.5) is 11.5 Å². The van der Waals surface area contributed by atoms with E-state index in [4.69, 9.17) is 5.84 Å². The number of nitrogens with zero attached hydrogens (tertiary/aromatic N) is 1. The molecular formula is C15H17BrN4O. The van der Waals surface area contributed by atoms with Gasteiger partial charge in [-0.15, -0.1) is 0 Å². The molecule has 0 bridgehead atoms. The van der Waals surface area contributed by atoms with E-state index in [1.807, 2.05) is 32.0 Å². The zero-order chi connectivity index (χ0) is 15.4. The Morgan fingerprint density at radius 3 is 2.67 bits per heavy atom. The molecule has 0 saturated heterocycles. The molecule has 4 N–H and O–H groups in total. The molecule has 1 aromatic heterocycles. The summed E-state index contributed by atoms with van der Waals surface area (Å²) in [5.41, 5.74) is 5.61. The van der Waals surface area contributed by atoms with E-state index in [0.717, 1.165) is 27.8 Å². The number of hydrogen-bond donors (Lipinski definition) is 3. The van der Waals surface area contributed by atoms with Crippen LogP contribution in [0.3, 0.4) is 0 Å². The number of hydrogen-bond acceptors (Lipinski definition) is 4. The number of hydrazine groups is 1. The molecule has 1 heterocycles. The third kappa shape index (κ3) is 4.03. The molecule has 0 aliphatic rings. The Balaban J connectivity index is 2.27. The van der Waals surface area contributed by atoms with Crippen LogP contribution in [0.15, 0.2) is 34.8 Å². The third-order valence-corrected chi connectivity index (χ3v) is 3.41. The van der Waals surface area contributed by atoms with Gasteiger partial charge in [-0.3, -0.25) is 4.79 Å². The van der Waals surface area contributed by atoms with Crippen molar-refractivity contribution in [1.82, 2.24) is 4.98 Å². The van der Waals surface area contributed by atoms with Gasteiger partial charge in [0.15, 0.2) is 0 Å². The van der Waals surface area contributed by atoms with E-state index < -0.39 is 0 Å². The number of rotatable bonds is 4. The van der Waals surface area contributed by atoms with Crippen molar-refractivity contribution in [2.75, 3.05) is 10.7 Å². The molecule has 0 spiro atoms. The van der Waals surface area contributed by atoms with Crippen molar-refractivity contribution in [3.63, 3.8) is 0 Å². The van der Waals surface area contributed by atoms with Crippen molar-refractivity contribution in [2.24, 2.45) is 5.84 Å². The number of aryl methyl sites for hydroxylation is 2. The van der Waals surface area contributed by atoms with Gasteiger partial charge in [-0.05, 0) is 49.2 Å². The Bertz CT molecular complexity index is 630. The van der Waals surface area contributed by atoms with Crippen LogP contribution in [0.2, 0.25) is 0 Å². The molecule has 21 heavy (non-hydrogen) atoms. The fraction of sp³-hybridized carbons (Fsp3) is 0.200. The first-order valence-electron chi connectivity index (χ1n) is 6.58. The first-order valence-corrected chi connectivity index (χ1v) is 7.37. The molecule has 2 aromatic rings. The topological polar surface area (TPSA) is 80.0 Å². The summed E-state index contributed by atoms with van der Waals surface area (Å²) in [6, 6.07) is 9.13. The second-order valence-corrected chi connectivity index (χ2v) is 5.62. The van der Waals surface area contributed by atoms with Crippen LogP contribution in [0, 0.1) is 6.92 Å². The highest BCUT2D eigenvalue weighted by molar-refractivity contribution is 9.10. The molecule has 0 aliphatic heterocycles. The van der Waals surface area contributed by atoms with Crippen LogP contribution in [0.1, 0.15) is 28.5 Å². The molecule has 0 unspecified atom stereocenters. The van der Waals surface area contributed by atoms with E-state index in [0.29, 0.717) is 11.4 Å². The summed E-state index contributed by atoms with van der Waals surface area (Å²) in [7, 11) is 0. The zero-order valence-corrected chi connectivity index (χ0v) is 13.5. The molecule has 0 radical (unpaired) electrons. The monoisotopic (exact) mass is 348 g/mol. The number of halogens is 1. The van der Waals surface area contributed by atoms with Gasteiger partial charge in [-0.2, -0.15) is 0 Å². The Labute approximate surface area is 132 Å². The molecule has 2 rings (SSSR count). The van der Waals surface area contributed by atoms with E-state index in [2.05, 4.69) is 31.7 Å². The molecule has 5 nitrogen and oxygen atoms in total. The largest absolute Gasteiger partial charge is 0.322 e. The standard InChI is InChI=1S/C15H17BrN4O/c1-3-12-6-10(7-14(18-12)20-17)15(21)19-13-5-9(2)4-11(16)8-13/h4-8H,3,17H2,1-2H3,(H,18,20)(H,19,21). The van der Waals surface area contributed by atoms with Crippen LogP contribution in [-0.4, -0.2) is 10.9 Å². The second-order valence-electron chi connectivity index (χ2n) is 4.70. The predicted octanol–water partition coefficient (Wildman–Crippen LogP) is 3.25. The fourth-order valence-corrected chi connectivity index (χ4v) is 2.59. The minimum absolute atomic E-state index is 0.193. The highest BCUT2D eigenvalue weighted by atomic mass is 79.9. The highest BCUT2D eigenvalue weighted by Gasteiger charge is 2.10. The van der Waals surface area contributed by atoms with Gasteiger partial charge in [0.05, 0.1) is 0 Å². The Morgan fingerprint density at radius 2 is 2.05 bits per heavy atom. The summed E-state index contributed by atoms with van der Waals surface area (Å²) < 4.78 is 0.922. The molecule has 0 saturated carbocycles. The van der Waals surface area contributed by atoms with Crippen molar-refractivity contribution < 1.29 is 4.79 Å². The quantitative estimate of drug-likeness (QED) is 0.585.